The molecule has 8 nitrogen and oxygen atoms in total. The van der Waals surface area contributed by atoms with E-state index in [1.54, 1.807) is 48.5 Å². The van der Waals surface area contributed by atoms with Gasteiger partial charge in [0.15, 0.2) is 5.76 Å². The Morgan fingerprint density at radius 3 is 2.47 bits per heavy atom. The Kier molecular flexibility index (Phi) is 5.38. The second-order valence-electron chi connectivity index (χ2n) is 6.63. The lowest BCUT2D eigenvalue weighted by Crippen LogP contribution is -2.25. The van der Waals surface area contributed by atoms with Gasteiger partial charge in [-0.3, -0.25) is 14.4 Å². The summed E-state index contributed by atoms with van der Waals surface area (Å²) in [6.07, 6.45) is 1.49. The fraction of sp³-hybridized carbons (Fsp3) is 0.0909. The van der Waals surface area contributed by atoms with Gasteiger partial charge in [0.1, 0.15) is 0 Å². The van der Waals surface area contributed by atoms with Crippen molar-refractivity contribution in [3.05, 3.63) is 94.3 Å². The first kappa shape index (κ1) is 19.1. The molecule has 0 atom stereocenters. The Balaban J connectivity index is 1.35. The minimum atomic E-state index is -0.332. The zero-order chi connectivity index (χ0) is 20.9. The summed E-state index contributed by atoms with van der Waals surface area (Å²) in [6, 6.07) is 17.4. The highest BCUT2D eigenvalue weighted by atomic mass is 16.3. The first-order valence-electron chi connectivity index (χ1n) is 9.27. The molecular formula is C22H18N4O4. The molecule has 2 heterocycles. The second-order valence-corrected chi connectivity index (χ2v) is 6.63. The number of fused-ring (bicyclic) bond motifs is 1. The van der Waals surface area contributed by atoms with Gasteiger partial charge in [-0.05, 0) is 35.9 Å². The molecule has 0 aliphatic carbocycles. The van der Waals surface area contributed by atoms with E-state index in [0.29, 0.717) is 28.7 Å². The summed E-state index contributed by atoms with van der Waals surface area (Å²) in [4.78, 5) is 36.2. The van der Waals surface area contributed by atoms with E-state index in [2.05, 4.69) is 20.8 Å². The van der Waals surface area contributed by atoms with E-state index in [1.807, 2.05) is 12.1 Å². The van der Waals surface area contributed by atoms with E-state index < -0.39 is 0 Å². The number of nitrogens with zero attached hydrogens (tertiary/aromatic N) is 1. The average molecular weight is 402 g/mol. The minimum absolute atomic E-state index is 0.0502. The standard InChI is InChI=1S/C22H18N4O4/c27-20(12-18-16-4-1-2-5-17(16)21(28)26-25-18)23-13-14-7-9-15(10-8-14)24-22(29)19-6-3-11-30-19/h1-11H,12-13H2,(H,23,27)(H,24,29)(H,26,28). The molecular weight excluding hydrogens is 384 g/mol. The van der Waals surface area contributed by atoms with Gasteiger partial charge in [0.25, 0.3) is 11.5 Å². The predicted octanol–water partition coefficient (Wildman–Crippen LogP) is 2.63. The zero-order valence-electron chi connectivity index (χ0n) is 15.8. The molecule has 2 amide bonds. The Morgan fingerprint density at radius 2 is 1.73 bits per heavy atom. The Hall–Kier alpha value is -4.20. The molecule has 150 valence electrons. The zero-order valence-corrected chi connectivity index (χ0v) is 15.8. The SMILES string of the molecule is O=C(Cc1n[nH]c(=O)c2ccccc12)NCc1ccc(NC(=O)c2ccco2)cc1. The molecule has 0 saturated carbocycles. The molecule has 0 spiro atoms. The number of amides is 2. The Morgan fingerprint density at radius 1 is 0.967 bits per heavy atom. The fourth-order valence-electron chi connectivity index (χ4n) is 3.03. The summed E-state index contributed by atoms with van der Waals surface area (Å²) in [5.41, 5.74) is 1.72. The molecule has 0 aliphatic heterocycles. The Labute approximate surface area is 170 Å². The van der Waals surface area contributed by atoms with E-state index in [0.717, 1.165) is 5.56 Å². The highest BCUT2D eigenvalue weighted by Crippen LogP contribution is 2.14. The number of aromatic amines is 1. The number of benzene rings is 2. The molecule has 0 unspecified atom stereocenters. The van der Waals surface area contributed by atoms with E-state index in [-0.39, 0.29) is 29.6 Å². The molecule has 8 heteroatoms. The van der Waals surface area contributed by atoms with Crippen LogP contribution < -0.4 is 16.2 Å². The van der Waals surface area contributed by atoms with Crippen molar-refractivity contribution in [1.82, 2.24) is 15.5 Å². The second kappa shape index (κ2) is 8.44. The maximum absolute atomic E-state index is 12.3. The molecule has 0 fully saturated rings. The van der Waals surface area contributed by atoms with Crippen LogP contribution in [0.5, 0.6) is 0 Å². The largest absolute Gasteiger partial charge is 0.459 e. The number of hydrogen-bond acceptors (Lipinski definition) is 5. The maximum atomic E-state index is 12.3. The van der Waals surface area contributed by atoms with E-state index in [4.69, 9.17) is 4.42 Å². The highest BCUT2D eigenvalue weighted by molar-refractivity contribution is 6.02. The first-order chi connectivity index (χ1) is 14.6. The topological polar surface area (TPSA) is 117 Å². The third-order valence-electron chi connectivity index (χ3n) is 4.55. The number of rotatable bonds is 6. The molecule has 2 aromatic carbocycles. The molecule has 0 radical (unpaired) electrons. The quantitative estimate of drug-likeness (QED) is 0.458. The highest BCUT2D eigenvalue weighted by Gasteiger charge is 2.11. The summed E-state index contributed by atoms with van der Waals surface area (Å²) in [5, 5.41) is 13.2. The van der Waals surface area contributed by atoms with Crippen molar-refractivity contribution in [3.8, 4) is 0 Å². The number of carbonyl (C=O) groups excluding carboxylic acids is 2. The van der Waals surface area contributed by atoms with Gasteiger partial charge in [-0.2, -0.15) is 5.10 Å². The van der Waals surface area contributed by atoms with Crippen LogP contribution in [0.1, 0.15) is 21.8 Å². The van der Waals surface area contributed by atoms with Crippen molar-refractivity contribution in [2.24, 2.45) is 0 Å². The van der Waals surface area contributed by atoms with Crippen molar-refractivity contribution in [3.63, 3.8) is 0 Å². The van der Waals surface area contributed by atoms with Crippen LogP contribution in [0.15, 0.2) is 76.1 Å². The lowest BCUT2D eigenvalue weighted by Gasteiger charge is -2.08. The van der Waals surface area contributed by atoms with Gasteiger partial charge < -0.3 is 15.1 Å². The number of furan rings is 1. The van der Waals surface area contributed by atoms with E-state index >= 15 is 0 Å². The number of hydrogen-bond donors (Lipinski definition) is 3. The minimum Gasteiger partial charge on any atom is -0.459 e. The van der Waals surface area contributed by atoms with Crippen molar-refractivity contribution < 1.29 is 14.0 Å². The van der Waals surface area contributed by atoms with Crippen LogP contribution in [0.3, 0.4) is 0 Å². The molecule has 0 bridgehead atoms. The van der Waals surface area contributed by atoms with Gasteiger partial charge in [0.05, 0.1) is 23.8 Å². The molecule has 4 aromatic rings. The van der Waals surface area contributed by atoms with E-state index in [9.17, 15) is 14.4 Å². The molecule has 4 rings (SSSR count). The van der Waals surface area contributed by atoms with E-state index in [1.165, 1.54) is 6.26 Å². The van der Waals surface area contributed by atoms with Crippen LogP contribution in [0.25, 0.3) is 10.8 Å². The summed E-state index contributed by atoms with van der Waals surface area (Å²) in [7, 11) is 0. The molecule has 30 heavy (non-hydrogen) atoms. The third kappa shape index (κ3) is 4.27. The van der Waals surface area contributed by atoms with Crippen molar-refractivity contribution in [2.45, 2.75) is 13.0 Å². The van der Waals surface area contributed by atoms with Gasteiger partial charge in [-0.1, -0.05) is 30.3 Å². The van der Waals surface area contributed by atoms with Crippen molar-refractivity contribution in [2.75, 3.05) is 5.32 Å². The number of anilines is 1. The van der Waals surface area contributed by atoms with Gasteiger partial charge >= 0.3 is 0 Å². The monoisotopic (exact) mass is 402 g/mol. The van der Waals surface area contributed by atoms with Gasteiger partial charge in [0.2, 0.25) is 5.91 Å². The molecule has 0 aliphatic rings. The Bertz CT molecular complexity index is 1240. The van der Waals surface area contributed by atoms with Crippen molar-refractivity contribution in [1.29, 1.82) is 0 Å². The van der Waals surface area contributed by atoms with Gasteiger partial charge in [-0.15, -0.1) is 0 Å². The van der Waals surface area contributed by atoms with Crippen LogP contribution in [0, 0.1) is 0 Å². The van der Waals surface area contributed by atoms with Crippen LogP contribution >= 0.6 is 0 Å². The summed E-state index contributed by atoms with van der Waals surface area (Å²) < 4.78 is 5.05. The van der Waals surface area contributed by atoms with Crippen LogP contribution in [0.2, 0.25) is 0 Å². The molecule has 0 saturated heterocycles. The van der Waals surface area contributed by atoms with Crippen LogP contribution in [-0.4, -0.2) is 22.0 Å². The lowest BCUT2D eigenvalue weighted by molar-refractivity contribution is -0.120. The first-order valence-corrected chi connectivity index (χ1v) is 9.27. The maximum Gasteiger partial charge on any atom is 0.291 e. The number of carbonyl (C=O) groups is 2. The summed E-state index contributed by atoms with van der Waals surface area (Å²) in [5.74, 6) is -0.314. The van der Waals surface area contributed by atoms with Crippen LogP contribution in [0.4, 0.5) is 5.69 Å². The number of nitrogens with one attached hydrogen (secondary N) is 3. The van der Waals surface area contributed by atoms with Crippen molar-refractivity contribution >= 4 is 28.3 Å². The third-order valence-corrected chi connectivity index (χ3v) is 4.55. The average Bonchev–Trinajstić information content (AvgIpc) is 3.31. The summed E-state index contributed by atoms with van der Waals surface area (Å²) in [6.45, 7) is 0.326. The smallest absolute Gasteiger partial charge is 0.291 e. The van der Waals surface area contributed by atoms with Gasteiger partial charge in [0, 0.05) is 17.6 Å². The fourth-order valence-corrected chi connectivity index (χ4v) is 3.03. The van der Waals surface area contributed by atoms with Crippen LogP contribution in [-0.2, 0) is 17.8 Å². The van der Waals surface area contributed by atoms with Gasteiger partial charge in [-0.25, -0.2) is 5.10 Å². The normalized spacial score (nSPS) is 10.7. The predicted molar refractivity (Wildman–Crippen MR) is 111 cm³/mol. The summed E-state index contributed by atoms with van der Waals surface area (Å²) >= 11 is 0. The number of H-pyrrole nitrogens is 1. The number of aromatic nitrogens is 2. The molecule has 2 aromatic heterocycles. The lowest BCUT2D eigenvalue weighted by atomic mass is 10.1. The molecule has 3 N–H and O–H groups in total.